The van der Waals surface area contributed by atoms with E-state index in [4.69, 9.17) is 9.47 Å². The Hall–Kier alpha value is -5.22. The van der Waals surface area contributed by atoms with E-state index in [1.807, 2.05) is 60.8 Å². The Morgan fingerprint density at radius 3 is 1.81 bits per heavy atom. The van der Waals surface area contributed by atoms with Gasteiger partial charge in [-0.15, -0.1) is 56.7 Å². The van der Waals surface area contributed by atoms with Crippen molar-refractivity contribution in [3.8, 4) is 47.5 Å². The second-order valence-corrected chi connectivity index (χ2v) is 17.8. The molecule has 5 aromatic heterocycles. The molecule has 0 aliphatic carbocycles. The third-order valence-corrected chi connectivity index (χ3v) is 15.4. The molecule has 6 heterocycles. The fourth-order valence-corrected chi connectivity index (χ4v) is 12.7. The molecule has 0 bridgehead atoms. The maximum atomic E-state index is 11.4. The van der Waals surface area contributed by atoms with Gasteiger partial charge in [0.05, 0.1) is 24.0 Å². The lowest BCUT2D eigenvalue weighted by Gasteiger charge is -2.29. The average molecular weight is 785 g/mol. The van der Waals surface area contributed by atoms with Gasteiger partial charge in [-0.2, -0.15) is 5.26 Å². The van der Waals surface area contributed by atoms with Crippen LogP contribution in [-0.2, 0) is 4.79 Å². The number of rotatable bonds is 8. The largest absolute Gasteiger partial charge is 0.481 e. The summed E-state index contributed by atoms with van der Waals surface area (Å²) in [5.74, 6) is 0.226. The predicted molar refractivity (Wildman–Crippen MR) is 223 cm³/mol. The van der Waals surface area contributed by atoms with Crippen LogP contribution in [0.4, 0.5) is 17.1 Å². The second kappa shape index (κ2) is 13.6. The number of hydrogen-bond donors (Lipinski definition) is 1. The summed E-state index contributed by atoms with van der Waals surface area (Å²) in [5, 5.41) is 18.6. The van der Waals surface area contributed by atoms with E-state index in [9.17, 15) is 15.2 Å². The lowest BCUT2D eigenvalue weighted by molar-refractivity contribution is -0.132. The Balaban J connectivity index is 1.06. The first-order valence-electron chi connectivity index (χ1n) is 16.8. The molecular formula is C42H28N2O4S5. The Bertz CT molecular complexity index is 2670. The van der Waals surface area contributed by atoms with Crippen LogP contribution in [0.2, 0.25) is 0 Å². The van der Waals surface area contributed by atoms with Crippen LogP contribution in [0, 0.1) is 11.3 Å². The van der Waals surface area contributed by atoms with Gasteiger partial charge >= 0.3 is 5.97 Å². The van der Waals surface area contributed by atoms with Crippen LogP contribution in [0.5, 0.6) is 11.5 Å². The second-order valence-electron chi connectivity index (χ2n) is 12.5. The molecule has 0 saturated carbocycles. The van der Waals surface area contributed by atoms with Gasteiger partial charge < -0.3 is 19.5 Å². The van der Waals surface area contributed by atoms with E-state index in [0.29, 0.717) is 10.6 Å². The fourth-order valence-electron chi connectivity index (χ4n) is 6.30. The number of ether oxygens (including phenoxy) is 2. The van der Waals surface area contributed by atoms with Crippen LogP contribution in [0.3, 0.4) is 0 Å². The molecule has 8 aromatic rings. The monoisotopic (exact) mass is 784 g/mol. The van der Waals surface area contributed by atoms with Crippen molar-refractivity contribution in [2.24, 2.45) is 0 Å². The number of benzene rings is 3. The minimum Gasteiger partial charge on any atom is -0.481 e. The van der Waals surface area contributed by atoms with E-state index < -0.39 is 5.97 Å². The van der Waals surface area contributed by atoms with Gasteiger partial charge in [0.2, 0.25) is 0 Å². The molecule has 2 atom stereocenters. The summed E-state index contributed by atoms with van der Waals surface area (Å²) in [4.78, 5) is 19.7. The highest BCUT2D eigenvalue weighted by molar-refractivity contribution is 7.40. The van der Waals surface area contributed by atoms with Gasteiger partial charge in [-0.3, -0.25) is 0 Å². The number of thiophene rings is 5. The summed E-state index contributed by atoms with van der Waals surface area (Å²) in [6.07, 6.45) is 1.15. The average Bonchev–Trinajstić information content (AvgIpc) is 4.00. The number of carboxylic acids is 1. The molecule has 6 nitrogen and oxygen atoms in total. The van der Waals surface area contributed by atoms with Crippen molar-refractivity contribution >= 4 is 105 Å². The highest BCUT2D eigenvalue weighted by Gasteiger charge is 2.34. The number of nitrogens with zero attached hydrogens (tertiary/aromatic N) is 2. The van der Waals surface area contributed by atoms with E-state index >= 15 is 0 Å². The molecule has 53 heavy (non-hydrogen) atoms. The van der Waals surface area contributed by atoms with E-state index in [2.05, 4.69) is 89.8 Å². The molecule has 9 rings (SSSR count). The van der Waals surface area contributed by atoms with E-state index in [-0.39, 0.29) is 17.8 Å². The molecule has 1 N–H and O–H groups in total. The van der Waals surface area contributed by atoms with Crippen molar-refractivity contribution in [1.82, 2.24) is 0 Å². The molecule has 0 radical (unpaired) electrons. The zero-order valence-electron chi connectivity index (χ0n) is 28.2. The summed E-state index contributed by atoms with van der Waals surface area (Å²) in [7, 11) is 0. The van der Waals surface area contributed by atoms with Crippen LogP contribution in [-0.4, -0.2) is 23.3 Å². The molecule has 0 amide bonds. The van der Waals surface area contributed by atoms with Crippen molar-refractivity contribution in [3.63, 3.8) is 0 Å². The van der Waals surface area contributed by atoms with Crippen LogP contribution < -0.4 is 14.4 Å². The summed E-state index contributed by atoms with van der Waals surface area (Å²) >= 11 is 8.49. The van der Waals surface area contributed by atoms with Crippen molar-refractivity contribution in [2.45, 2.75) is 26.1 Å². The number of carboxylic acid groups (broad SMARTS) is 1. The number of carbonyl (C=O) groups is 1. The summed E-state index contributed by atoms with van der Waals surface area (Å²) in [6, 6.07) is 39.9. The van der Waals surface area contributed by atoms with Crippen molar-refractivity contribution in [2.75, 3.05) is 4.90 Å². The van der Waals surface area contributed by atoms with E-state index in [1.165, 1.54) is 46.7 Å². The third-order valence-electron chi connectivity index (χ3n) is 9.06. The fraction of sp³-hybridized carbons (Fsp3) is 0.0952. The Labute approximate surface area is 325 Å². The molecule has 0 saturated heterocycles. The first kappa shape index (κ1) is 33.6. The Morgan fingerprint density at radius 2 is 1.23 bits per heavy atom. The predicted octanol–water partition coefficient (Wildman–Crippen LogP) is 13.3. The minimum absolute atomic E-state index is 0.120. The zero-order valence-corrected chi connectivity index (χ0v) is 32.3. The van der Waals surface area contributed by atoms with Crippen molar-refractivity contribution in [1.29, 1.82) is 5.26 Å². The first-order chi connectivity index (χ1) is 25.8. The maximum Gasteiger partial charge on any atom is 0.346 e. The molecule has 3 aromatic carbocycles. The van der Waals surface area contributed by atoms with Gasteiger partial charge in [-0.25, -0.2) is 4.79 Å². The molecular weight excluding hydrogens is 757 g/mol. The Kier molecular flexibility index (Phi) is 8.65. The summed E-state index contributed by atoms with van der Waals surface area (Å²) in [6.45, 7) is 4.03. The summed E-state index contributed by atoms with van der Waals surface area (Å²) in [5.41, 5.74) is 4.22. The SMILES string of the molecule is CC1Oc2c(-c3ccc(C=C(C#N)C(=O)O)s3)sc(-c3cc4sc5cc(-c6ccc(N(c7ccccc7)c7ccccc7)cc6)sc5c4s3)c2OC1C. The molecule has 260 valence electrons. The van der Waals surface area contributed by atoms with Gasteiger partial charge in [0, 0.05) is 41.1 Å². The zero-order chi connectivity index (χ0) is 36.2. The topological polar surface area (TPSA) is 82.8 Å². The highest BCUT2D eigenvalue weighted by atomic mass is 32.1. The van der Waals surface area contributed by atoms with Gasteiger partial charge in [0.1, 0.15) is 23.9 Å². The van der Waals surface area contributed by atoms with E-state index in [1.54, 1.807) is 28.7 Å². The number of aliphatic carboxylic acids is 1. The van der Waals surface area contributed by atoms with Crippen LogP contribution in [0.15, 0.2) is 115 Å². The normalized spacial score (nSPS) is 15.5. The number of nitriles is 1. The smallest absolute Gasteiger partial charge is 0.346 e. The molecule has 0 spiro atoms. The molecule has 1 aliphatic heterocycles. The quantitative estimate of drug-likeness (QED) is 0.122. The first-order valence-corrected chi connectivity index (χ1v) is 20.8. The molecule has 1 aliphatic rings. The number of anilines is 3. The number of hydrogen-bond acceptors (Lipinski definition) is 10. The van der Waals surface area contributed by atoms with Crippen molar-refractivity contribution in [3.05, 3.63) is 120 Å². The minimum atomic E-state index is -1.24. The van der Waals surface area contributed by atoms with Gasteiger partial charge in [-0.05, 0) is 86.2 Å². The van der Waals surface area contributed by atoms with Gasteiger partial charge in [-0.1, -0.05) is 48.5 Å². The lowest BCUT2D eigenvalue weighted by Crippen LogP contribution is -2.34. The van der Waals surface area contributed by atoms with Crippen LogP contribution in [0.1, 0.15) is 18.7 Å². The van der Waals surface area contributed by atoms with Gasteiger partial charge in [0.15, 0.2) is 11.5 Å². The van der Waals surface area contributed by atoms with Crippen LogP contribution >= 0.6 is 56.7 Å². The van der Waals surface area contributed by atoms with Crippen LogP contribution in [0.25, 0.3) is 54.8 Å². The Morgan fingerprint density at radius 1 is 0.679 bits per heavy atom. The van der Waals surface area contributed by atoms with E-state index in [0.717, 1.165) is 42.3 Å². The molecule has 2 unspecified atom stereocenters. The van der Waals surface area contributed by atoms with Crippen molar-refractivity contribution < 1.29 is 19.4 Å². The lowest BCUT2D eigenvalue weighted by atomic mass is 10.1. The standard InChI is InChI=1S/C42H28N2O4S5/c1-23-24(2)48-37-36(47-23)38(31-18-17-30(49-31)19-26(22-43)42(45)46)53-39(37)33-21-35-41(52-33)40-34(50-35)20-32(51-40)25-13-15-29(16-14-25)44(27-9-5-3-6-10-27)28-11-7-4-8-12-28/h3-21,23-24H,1-2H3,(H,45,46). The number of fused-ring (bicyclic) bond motifs is 4. The third kappa shape index (κ3) is 6.12. The molecule has 11 heteroatoms. The van der Waals surface area contributed by atoms with Gasteiger partial charge in [0.25, 0.3) is 0 Å². The number of para-hydroxylation sites is 2. The highest BCUT2D eigenvalue weighted by Crippen LogP contribution is 2.58. The molecule has 0 fully saturated rings. The maximum absolute atomic E-state index is 11.4. The summed E-state index contributed by atoms with van der Waals surface area (Å²) < 4.78 is 18.1.